The summed E-state index contributed by atoms with van der Waals surface area (Å²) in [5.74, 6) is 0.621. The molecule has 0 radical (unpaired) electrons. The zero-order chi connectivity index (χ0) is 23.3. The summed E-state index contributed by atoms with van der Waals surface area (Å²) in [6.45, 7) is 7.74. The SMILES string of the molecule is Cc1ccc(NS(=O)(=O)c2ccc(NC(=O)[C@@H](C)Oc3ccccc3C(C)C)cc2)cc1. The van der Waals surface area contributed by atoms with Gasteiger partial charge in [0.25, 0.3) is 15.9 Å². The maximum absolute atomic E-state index is 12.6. The van der Waals surface area contributed by atoms with Crippen molar-refractivity contribution < 1.29 is 17.9 Å². The van der Waals surface area contributed by atoms with Gasteiger partial charge in [-0.1, -0.05) is 49.7 Å². The molecule has 0 heterocycles. The fraction of sp³-hybridized carbons (Fsp3) is 0.240. The Morgan fingerprint density at radius 2 is 1.44 bits per heavy atom. The average Bonchev–Trinajstić information content (AvgIpc) is 2.76. The molecule has 0 saturated carbocycles. The van der Waals surface area contributed by atoms with E-state index >= 15 is 0 Å². The number of ether oxygens (including phenoxy) is 1. The molecule has 0 aliphatic heterocycles. The molecule has 6 nitrogen and oxygen atoms in total. The summed E-state index contributed by atoms with van der Waals surface area (Å²) in [5, 5.41) is 2.77. The number of sulfonamides is 1. The van der Waals surface area contributed by atoms with Crippen LogP contribution >= 0.6 is 0 Å². The van der Waals surface area contributed by atoms with E-state index in [1.165, 1.54) is 12.1 Å². The summed E-state index contributed by atoms with van der Waals surface area (Å²) >= 11 is 0. The number of carbonyl (C=O) groups is 1. The molecule has 3 aromatic carbocycles. The van der Waals surface area contributed by atoms with Crippen LogP contribution in [0.4, 0.5) is 11.4 Å². The number of nitrogens with one attached hydrogen (secondary N) is 2. The molecule has 0 fully saturated rings. The Hall–Kier alpha value is -3.32. The number of benzene rings is 3. The first-order valence-corrected chi connectivity index (χ1v) is 11.9. The van der Waals surface area contributed by atoms with Crippen molar-refractivity contribution in [2.75, 3.05) is 10.0 Å². The highest BCUT2D eigenvalue weighted by atomic mass is 32.2. The highest BCUT2D eigenvalue weighted by molar-refractivity contribution is 7.92. The van der Waals surface area contributed by atoms with Gasteiger partial charge in [0, 0.05) is 11.4 Å². The van der Waals surface area contributed by atoms with Gasteiger partial charge in [-0.2, -0.15) is 0 Å². The Kier molecular flexibility index (Phi) is 7.20. The molecular weight excluding hydrogens is 424 g/mol. The zero-order valence-electron chi connectivity index (χ0n) is 18.6. The lowest BCUT2D eigenvalue weighted by Gasteiger charge is -2.18. The second-order valence-corrected chi connectivity index (χ2v) is 9.62. The molecule has 1 atom stereocenters. The van der Waals surface area contributed by atoms with Gasteiger partial charge in [-0.05, 0) is 67.8 Å². The molecule has 1 amide bonds. The maximum atomic E-state index is 12.6. The fourth-order valence-corrected chi connectivity index (χ4v) is 4.16. The lowest BCUT2D eigenvalue weighted by atomic mass is 10.0. The number of para-hydroxylation sites is 1. The smallest absolute Gasteiger partial charge is 0.265 e. The lowest BCUT2D eigenvalue weighted by Crippen LogP contribution is -2.30. The van der Waals surface area contributed by atoms with Crippen molar-refractivity contribution in [2.24, 2.45) is 0 Å². The van der Waals surface area contributed by atoms with E-state index in [0.29, 0.717) is 17.1 Å². The van der Waals surface area contributed by atoms with Crippen LogP contribution in [0.25, 0.3) is 0 Å². The van der Waals surface area contributed by atoms with Crippen molar-refractivity contribution in [1.29, 1.82) is 0 Å². The van der Waals surface area contributed by atoms with E-state index in [1.807, 2.05) is 43.3 Å². The summed E-state index contributed by atoms with van der Waals surface area (Å²) in [4.78, 5) is 12.7. The van der Waals surface area contributed by atoms with E-state index < -0.39 is 16.1 Å². The third-order valence-corrected chi connectivity index (χ3v) is 6.35. The number of hydrogen-bond donors (Lipinski definition) is 2. The molecule has 0 aliphatic rings. The lowest BCUT2D eigenvalue weighted by molar-refractivity contribution is -0.122. The van der Waals surface area contributed by atoms with E-state index in [1.54, 1.807) is 31.2 Å². The van der Waals surface area contributed by atoms with Crippen LogP contribution in [0.3, 0.4) is 0 Å². The molecular formula is C25H28N2O4S. The van der Waals surface area contributed by atoms with Crippen LogP contribution in [0.15, 0.2) is 77.7 Å². The van der Waals surface area contributed by atoms with Crippen molar-refractivity contribution in [3.63, 3.8) is 0 Å². The van der Waals surface area contributed by atoms with E-state index in [4.69, 9.17) is 4.74 Å². The third-order valence-electron chi connectivity index (χ3n) is 4.95. The Morgan fingerprint density at radius 1 is 0.844 bits per heavy atom. The first-order valence-electron chi connectivity index (χ1n) is 10.4. The number of amides is 1. The minimum atomic E-state index is -3.73. The summed E-state index contributed by atoms with van der Waals surface area (Å²) in [6.07, 6.45) is -0.721. The summed E-state index contributed by atoms with van der Waals surface area (Å²) in [5.41, 5.74) is 3.04. The molecule has 32 heavy (non-hydrogen) atoms. The van der Waals surface area contributed by atoms with Gasteiger partial charge in [0.2, 0.25) is 0 Å². The fourth-order valence-electron chi connectivity index (χ4n) is 3.11. The second kappa shape index (κ2) is 9.87. The minimum Gasteiger partial charge on any atom is -0.481 e. The number of hydrogen-bond acceptors (Lipinski definition) is 4. The predicted molar refractivity (Wildman–Crippen MR) is 128 cm³/mol. The van der Waals surface area contributed by atoms with Crippen LogP contribution in [0, 0.1) is 6.92 Å². The van der Waals surface area contributed by atoms with Crippen LogP contribution in [-0.2, 0) is 14.8 Å². The van der Waals surface area contributed by atoms with Gasteiger partial charge in [0.05, 0.1) is 4.90 Å². The average molecular weight is 453 g/mol. The summed E-state index contributed by atoms with van der Waals surface area (Å²) < 4.78 is 33.6. The highest BCUT2D eigenvalue weighted by Gasteiger charge is 2.18. The normalized spacial score (nSPS) is 12.3. The molecule has 0 unspecified atom stereocenters. The molecule has 3 rings (SSSR count). The van der Waals surface area contributed by atoms with Crippen LogP contribution in [-0.4, -0.2) is 20.4 Å². The van der Waals surface area contributed by atoms with Crippen LogP contribution in [0.1, 0.15) is 37.8 Å². The van der Waals surface area contributed by atoms with Crippen LogP contribution < -0.4 is 14.8 Å². The van der Waals surface area contributed by atoms with E-state index in [2.05, 4.69) is 23.9 Å². The van der Waals surface area contributed by atoms with Gasteiger partial charge in [-0.3, -0.25) is 9.52 Å². The molecule has 7 heteroatoms. The molecule has 0 aromatic heterocycles. The Labute approximate surface area is 189 Å². The number of carbonyl (C=O) groups excluding carboxylic acids is 1. The molecule has 168 valence electrons. The first-order chi connectivity index (χ1) is 15.2. The van der Waals surface area contributed by atoms with E-state index in [0.717, 1.165) is 11.1 Å². The van der Waals surface area contributed by atoms with Crippen molar-refractivity contribution in [3.8, 4) is 5.75 Å². The third kappa shape index (κ3) is 5.88. The Bertz CT molecular complexity index is 1170. The standard InChI is InChI=1S/C25H28N2O4S/c1-17(2)23-7-5-6-8-24(23)31-19(4)25(28)26-20-13-15-22(16-14-20)32(29,30)27-21-11-9-18(3)10-12-21/h5-17,19,27H,1-4H3,(H,26,28)/t19-/m1/s1. The van der Waals surface area contributed by atoms with Gasteiger partial charge in [0.15, 0.2) is 6.10 Å². The van der Waals surface area contributed by atoms with E-state index in [9.17, 15) is 13.2 Å². The Balaban J connectivity index is 1.64. The first kappa shape index (κ1) is 23.3. The van der Waals surface area contributed by atoms with Crippen molar-refractivity contribution in [2.45, 2.75) is 44.6 Å². The predicted octanol–water partition coefficient (Wildman–Crippen LogP) is 5.33. The van der Waals surface area contributed by atoms with Crippen LogP contribution in [0.2, 0.25) is 0 Å². The van der Waals surface area contributed by atoms with Crippen molar-refractivity contribution >= 4 is 27.3 Å². The topological polar surface area (TPSA) is 84.5 Å². The largest absolute Gasteiger partial charge is 0.481 e. The van der Waals surface area contributed by atoms with Crippen molar-refractivity contribution in [1.82, 2.24) is 0 Å². The maximum Gasteiger partial charge on any atom is 0.265 e. The molecule has 0 spiro atoms. The molecule has 0 aliphatic carbocycles. The van der Waals surface area contributed by atoms with Gasteiger partial charge < -0.3 is 10.1 Å². The second-order valence-electron chi connectivity index (χ2n) is 7.94. The van der Waals surface area contributed by atoms with Crippen LogP contribution in [0.5, 0.6) is 5.75 Å². The van der Waals surface area contributed by atoms with E-state index in [-0.39, 0.29) is 16.7 Å². The number of anilines is 2. The molecule has 3 aromatic rings. The molecule has 2 N–H and O–H groups in total. The number of rotatable bonds is 8. The minimum absolute atomic E-state index is 0.103. The monoisotopic (exact) mass is 452 g/mol. The zero-order valence-corrected chi connectivity index (χ0v) is 19.4. The summed E-state index contributed by atoms with van der Waals surface area (Å²) in [7, 11) is -3.73. The molecule has 0 bridgehead atoms. The van der Waals surface area contributed by atoms with Gasteiger partial charge in [-0.25, -0.2) is 8.42 Å². The Morgan fingerprint density at radius 3 is 2.06 bits per heavy atom. The van der Waals surface area contributed by atoms with Gasteiger partial charge in [-0.15, -0.1) is 0 Å². The van der Waals surface area contributed by atoms with Gasteiger partial charge in [0.1, 0.15) is 5.75 Å². The highest BCUT2D eigenvalue weighted by Crippen LogP contribution is 2.27. The van der Waals surface area contributed by atoms with Gasteiger partial charge >= 0.3 is 0 Å². The number of aryl methyl sites for hydroxylation is 1. The molecule has 0 saturated heterocycles. The quantitative estimate of drug-likeness (QED) is 0.484. The summed E-state index contributed by atoms with van der Waals surface area (Å²) in [6, 6.07) is 20.7. The van der Waals surface area contributed by atoms with Crippen molar-refractivity contribution in [3.05, 3.63) is 83.9 Å².